The molecule has 0 radical (unpaired) electrons. The molecule has 4 rings (SSSR count). The molecule has 5 heteroatoms. The van der Waals surface area contributed by atoms with Crippen molar-refractivity contribution in [3.05, 3.63) is 102 Å². The highest BCUT2D eigenvalue weighted by atomic mass is 16.5. The van der Waals surface area contributed by atoms with Gasteiger partial charge in [0, 0.05) is 0 Å². The molecule has 0 saturated heterocycles. The van der Waals surface area contributed by atoms with E-state index < -0.39 is 0 Å². The zero-order chi connectivity index (χ0) is 19.3. The maximum atomic E-state index is 12.9. The van der Waals surface area contributed by atoms with Gasteiger partial charge in [0.05, 0.1) is 28.8 Å². The summed E-state index contributed by atoms with van der Waals surface area (Å²) in [5, 5.41) is 7.30. The standard InChI is InChI=1S/C23H19N3O2/c1-17-20(16-24-26(17)18-10-4-2-5-11-18)23(27)25-21-14-8-9-15-22(21)28-19-12-6-3-7-13-19/h2-16H,1H3,(H,25,27). The lowest BCUT2D eigenvalue weighted by molar-refractivity contribution is 0.102. The quantitative estimate of drug-likeness (QED) is 0.524. The SMILES string of the molecule is Cc1c(C(=O)Nc2ccccc2Oc2ccccc2)cnn1-c1ccccc1. The first-order valence-corrected chi connectivity index (χ1v) is 8.96. The van der Waals surface area contributed by atoms with Crippen molar-refractivity contribution in [2.45, 2.75) is 6.92 Å². The van der Waals surface area contributed by atoms with Gasteiger partial charge in [-0.1, -0.05) is 48.5 Å². The maximum Gasteiger partial charge on any atom is 0.259 e. The van der Waals surface area contributed by atoms with Crippen LogP contribution in [0.1, 0.15) is 16.1 Å². The van der Waals surface area contributed by atoms with E-state index >= 15 is 0 Å². The summed E-state index contributed by atoms with van der Waals surface area (Å²) in [4.78, 5) is 12.9. The average Bonchev–Trinajstić information content (AvgIpc) is 3.12. The predicted molar refractivity (Wildman–Crippen MR) is 109 cm³/mol. The van der Waals surface area contributed by atoms with Gasteiger partial charge in [0.25, 0.3) is 5.91 Å². The molecular formula is C23H19N3O2. The summed E-state index contributed by atoms with van der Waals surface area (Å²) < 4.78 is 7.67. The Labute approximate surface area is 163 Å². The van der Waals surface area contributed by atoms with Crippen molar-refractivity contribution in [2.75, 3.05) is 5.32 Å². The monoisotopic (exact) mass is 369 g/mol. The second kappa shape index (κ2) is 7.80. The first-order valence-electron chi connectivity index (χ1n) is 8.96. The average molecular weight is 369 g/mol. The Morgan fingerprint density at radius 1 is 0.893 bits per heavy atom. The molecule has 0 aliphatic heterocycles. The summed E-state index contributed by atoms with van der Waals surface area (Å²) in [6, 6.07) is 26.5. The van der Waals surface area contributed by atoms with Crippen LogP contribution >= 0.6 is 0 Å². The van der Waals surface area contributed by atoms with Crippen LogP contribution in [0.25, 0.3) is 5.69 Å². The summed E-state index contributed by atoms with van der Waals surface area (Å²) in [6.07, 6.45) is 1.58. The highest BCUT2D eigenvalue weighted by Crippen LogP contribution is 2.29. The van der Waals surface area contributed by atoms with Crippen LogP contribution in [0.4, 0.5) is 5.69 Å². The van der Waals surface area contributed by atoms with E-state index in [1.165, 1.54) is 0 Å². The minimum Gasteiger partial charge on any atom is -0.455 e. The van der Waals surface area contributed by atoms with Crippen molar-refractivity contribution in [1.82, 2.24) is 9.78 Å². The summed E-state index contributed by atoms with van der Waals surface area (Å²) in [5.41, 5.74) is 2.79. The third kappa shape index (κ3) is 3.64. The third-order valence-corrected chi connectivity index (χ3v) is 4.36. The molecule has 5 nitrogen and oxygen atoms in total. The van der Waals surface area contributed by atoms with E-state index in [4.69, 9.17) is 4.74 Å². The molecule has 0 saturated carbocycles. The highest BCUT2D eigenvalue weighted by Gasteiger charge is 2.17. The molecule has 1 aromatic heterocycles. The minimum absolute atomic E-state index is 0.233. The van der Waals surface area contributed by atoms with Gasteiger partial charge in [0.1, 0.15) is 5.75 Å². The van der Waals surface area contributed by atoms with Crippen LogP contribution in [0.5, 0.6) is 11.5 Å². The largest absolute Gasteiger partial charge is 0.455 e. The van der Waals surface area contributed by atoms with E-state index in [9.17, 15) is 4.79 Å². The summed E-state index contributed by atoms with van der Waals surface area (Å²) in [6.45, 7) is 1.88. The van der Waals surface area contributed by atoms with Gasteiger partial charge >= 0.3 is 0 Å². The van der Waals surface area contributed by atoms with Gasteiger partial charge in [-0.05, 0) is 43.3 Å². The smallest absolute Gasteiger partial charge is 0.259 e. The number of amides is 1. The molecule has 0 atom stereocenters. The van der Waals surface area contributed by atoms with Crippen molar-refractivity contribution in [3.8, 4) is 17.2 Å². The van der Waals surface area contributed by atoms with Gasteiger partial charge in [0.15, 0.2) is 5.75 Å². The van der Waals surface area contributed by atoms with Gasteiger partial charge in [0.2, 0.25) is 0 Å². The van der Waals surface area contributed by atoms with Crippen molar-refractivity contribution in [1.29, 1.82) is 0 Å². The highest BCUT2D eigenvalue weighted by molar-refractivity contribution is 6.05. The van der Waals surface area contributed by atoms with Gasteiger partial charge < -0.3 is 10.1 Å². The van der Waals surface area contributed by atoms with E-state index in [0.29, 0.717) is 22.7 Å². The lowest BCUT2D eigenvalue weighted by atomic mass is 10.2. The molecular weight excluding hydrogens is 350 g/mol. The molecule has 1 heterocycles. The first-order chi connectivity index (χ1) is 13.7. The zero-order valence-electron chi connectivity index (χ0n) is 15.4. The van der Waals surface area contributed by atoms with E-state index in [-0.39, 0.29) is 5.91 Å². The summed E-state index contributed by atoms with van der Waals surface area (Å²) in [7, 11) is 0. The topological polar surface area (TPSA) is 56.1 Å². The van der Waals surface area contributed by atoms with Crippen LogP contribution in [0, 0.1) is 6.92 Å². The van der Waals surface area contributed by atoms with Crippen LogP contribution in [-0.2, 0) is 0 Å². The lowest BCUT2D eigenvalue weighted by Gasteiger charge is -2.12. The number of rotatable bonds is 5. The second-order valence-corrected chi connectivity index (χ2v) is 6.26. The van der Waals surface area contributed by atoms with Gasteiger partial charge in [-0.3, -0.25) is 4.79 Å². The van der Waals surface area contributed by atoms with Crippen LogP contribution in [0.3, 0.4) is 0 Å². The number of carbonyl (C=O) groups is 1. The fraction of sp³-hybridized carbons (Fsp3) is 0.0435. The van der Waals surface area contributed by atoms with Crippen LogP contribution in [0.2, 0.25) is 0 Å². The fourth-order valence-electron chi connectivity index (χ4n) is 2.93. The Balaban J connectivity index is 1.58. The van der Waals surface area contributed by atoms with Crippen molar-refractivity contribution in [3.63, 3.8) is 0 Å². The molecule has 4 aromatic rings. The molecule has 1 amide bonds. The number of nitrogens with one attached hydrogen (secondary N) is 1. The molecule has 0 aliphatic carbocycles. The molecule has 138 valence electrons. The Morgan fingerprint density at radius 3 is 2.29 bits per heavy atom. The van der Waals surface area contributed by atoms with Gasteiger partial charge in [-0.25, -0.2) is 4.68 Å². The van der Waals surface area contributed by atoms with Crippen molar-refractivity contribution < 1.29 is 9.53 Å². The number of ether oxygens (including phenoxy) is 1. The number of hydrogen-bond donors (Lipinski definition) is 1. The Bertz CT molecular complexity index is 1090. The maximum absolute atomic E-state index is 12.9. The minimum atomic E-state index is -0.233. The number of aromatic nitrogens is 2. The fourth-order valence-corrected chi connectivity index (χ4v) is 2.93. The van der Waals surface area contributed by atoms with Crippen LogP contribution in [0.15, 0.2) is 91.1 Å². The number of benzene rings is 3. The predicted octanol–water partition coefficient (Wildman–Crippen LogP) is 5.23. The Hall–Kier alpha value is -3.86. The summed E-state index contributed by atoms with van der Waals surface area (Å²) >= 11 is 0. The Kier molecular flexibility index (Phi) is 4.89. The lowest BCUT2D eigenvalue weighted by Crippen LogP contribution is -2.13. The first kappa shape index (κ1) is 17.5. The van der Waals surface area contributed by atoms with Crippen molar-refractivity contribution in [2.24, 2.45) is 0 Å². The van der Waals surface area contributed by atoms with Crippen molar-refractivity contribution >= 4 is 11.6 Å². The molecule has 0 aliphatic rings. The second-order valence-electron chi connectivity index (χ2n) is 6.26. The molecule has 0 spiro atoms. The molecule has 0 fully saturated rings. The van der Waals surface area contributed by atoms with Crippen LogP contribution < -0.4 is 10.1 Å². The molecule has 28 heavy (non-hydrogen) atoms. The number of carbonyl (C=O) groups excluding carboxylic acids is 1. The van der Waals surface area contributed by atoms with Crippen LogP contribution in [-0.4, -0.2) is 15.7 Å². The third-order valence-electron chi connectivity index (χ3n) is 4.36. The number of para-hydroxylation sites is 4. The molecule has 0 unspecified atom stereocenters. The van der Waals surface area contributed by atoms with Gasteiger partial charge in [-0.2, -0.15) is 5.10 Å². The zero-order valence-corrected chi connectivity index (χ0v) is 15.4. The molecule has 0 bridgehead atoms. The summed E-state index contributed by atoms with van der Waals surface area (Å²) in [5.74, 6) is 1.05. The Morgan fingerprint density at radius 2 is 1.54 bits per heavy atom. The van der Waals surface area contributed by atoms with E-state index in [0.717, 1.165) is 11.4 Å². The van der Waals surface area contributed by atoms with E-state index in [2.05, 4.69) is 10.4 Å². The number of anilines is 1. The molecule has 1 N–H and O–H groups in total. The molecule has 3 aromatic carbocycles. The van der Waals surface area contributed by atoms with Gasteiger partial charge in [-0.15, -0.1) is 0 Å². The number of nitrogens with zero attached hydrogens (tertiary/aromatic N) is 2. The van der Waals surface area contributed by atoms with E-state index in [1.807, 2.05) is 91.9 Å². The van der Waals surface area contributed by atoms with E-state index in [1.54, 1.807) is 10.9 Å². The number of hydrogen-bond acceptors (Lipinski definition) is 3. The normalized spacial score (nSPS) is 10.5.